The molecular weight excluding hydrogens is 316 g/mol. The number of rotatable bonds is 2. The van der Waals surface area contributed by atoms with Gasteiger partial charge in [-0.05, 0) is 28.1 Å². The summed E-state index contributed by atoms with van der Waals surface area (Å²) in [5.41, 5.74) is 0.719. The van der Waals surface area contributed by atoms with E-state index in [0.717, 1.165) is 28.2 Å². The molecule has 5 nitrogen and oxygen atoms in total. The third-order valence-electron chi connectivity index (χ3n) is 2.62. The van der Waals surface area contributed by atoms with Gasteiger partial charge in [0.15, 0.2) is 0 Å². The van der Waals surface area contributed by atoms with Gasteiger partial charge in [-0.25, -0.2) is 0 Å². The average Bonchev–Trinajstić information content (AvgIpc) is 2.90. The Kier molecular flexibility index (Phi) is 3.62. The quantitative estimate of drug-likeness (QED) is 0.913. The molecule has 1 saturated heterocycles. The number of hydrogen-bond acceptors (Lipinski definition) is 6. The Hall–Kier alpha value is -0.920. The van der Waals surface area contributed by atoms with Gasteiger partial charge in [-0.15, -0.1) is 0 Å². The Balaban J connectivity index is 1.82. The third-order valence-corrected chi connectivity index (χ3v) is 4.15. The fourth-order valence-electron chi connectivity index (χ4n) is 1.71. The highest BCUT2D eigenvalue weighted by molar-refractivity contribution is 9.10. The second kappa shape index (κ2) is 5.38. The van der Waals surface area contributed by atoms with Gasteiger partial charge in [0.1, 0.15) is 5.69 Å². The Morgan fingerprint density at radius 3 is 3.11 bits per heavy atom. The lowest BCUT2D eigenvalue weighted by Gasteiger charge is -2.19. The molecule has 0 bridgehead atoms. The van der Waals surface area contributed by atoms with E-state index in [4.69, 9.17) is 4.52 Å². The molecular formula is C11H11BrN4OS. The number of hydrogen-bond donors (Lipinski definition) is 1. The monoisotopic (exact) mass is 326 g/mol. The number of halogens is 1. The topological polar surface area (TPSA) is 63.8 Å². The van der Waals surface area contributed by atoms with Crippen LogP contribution in [0.2, 0.25) is 0 Å². The van der Waals surface area contributed by atoms with Crippen LogP contribution in [0.25, 0.3) is 11.5 Å². The smallest absolute Gasteiger partial charge is 0.244 e. The third kappa shape index (κ3) is 2.57. The van der Waals surface area contributed by atoms with Crippen molar-refractivity contribution in [3.05, 3.63) is 28.7 Å². The first-order valence-corrected chi connectivity index (χ1v) is 7.54. The molecule has 1 aliphatic rings. The SMILES string of the molecule is Brc1ccc(-c2noc(C3CSCCN3)n2)nc1. The molecule has 2 aromatic rings. The highest BCUT2D eigenvalue weighted by Gasteiger charge is 2.21. The molecule has 0 aliphatic carbocycles. The number of nitrogens with zero attached hydrogens (tertiary/aromatic N) is 3. The van der Waals surface area contributed by atoms with E-state index >= 15 is 0 Å². The standard InChI is InChI=1S/C11H11BrN4OS/c12-7-1-2-8(14-5-7)10-15-11(17-16-10)9-6-18-4-3-13-9/h1-2,5,9,13H,3-4,6H2. The summed E-state index contributed by atoms with van der Waals surface area (Å²) in [4.78, 5) is 8.65. The van der Waals surface area contributed by atoms with Crippen molar-refractivity contribution in [2.24, 2.45) is 0 Å². The van der Waals surface area contributed by atoms with Crippen LogP contribution in [0.4, 0.5) is 0 Å². The minimum absolute atomic E-state index is 0.153. The van der Waals surface area contributed by atoms with E-state index in [1.807, 2.05) is 23.9 Å². The minimum Gasteiger partial charge on any atom is -0.337 e. The summed E-state index contributed by atoms with van der Waals surface area (Å²) in [6, 6.07) is 3.93. The number of thioether (sulfide) groups is 1. The molecule has 7 heteroatoms. The molecule has 0 radical (unpaired) electrons. The van der Waals surface area contributed by atoms with Crippen LogP contribution in [-0.4, -0.2) is 33.2 Å². The van der Waals surface area contributed by atoms with E-state index in [0.29, 0.717) is 11.7 Å². The van der Waals surface area contributed by atoms with Gasteiger partial charge >= 0.3 is 0 Å². The van der Waals surface area contributed by atoms with Gasteiger partial charge in [-0.3, -0.25) is 4.98 Å². The summed E-state index contributed by atoms with van der Waals surface area (Å²) in [5.74, 6) is 3.28. The molecule has 0 amide bonds. The fourth-order valence-corrected chi connectivity index (χ4v) is 2.87. The van der Waals surface area contributed by atoms with Gasteiger partial charge in [0.05, 0.1) is 6.04 Å². The van der Waals surface area contributed by atoms with Crippen molar-refractivity contribution in [2.75, 3.05) is 18.1 Å². The summed E-state index contributed by atoms with van der Waals surface area (Å²) in [6.07, 6.45) is 1.72. The first-order valence-electron chi connectivity index (χ1n) is 5.59. The summed E-state index contributed by atoms with van der Waals surface area (Å²) in [7, 11) is 0. The molecule has 0 spiro atoms. The lowest BCUT2D eigenvalue weighted by molar-refractivity contribution is 0.342. The normalized spacial score (nSPS) is 19.9. The Morgan fingerprint density at radius 2 is 2.39 bits per heavy atom. The maximum absolute atomic E-state index is 5.30. The van der Waals surface area contributed by atoms with Crippen LogP contribution in [0.5, 0.6) is 0 Å². The van der Waals surface area contributed by atoms with E-state index in [-0.39, 0.29) is 6.04 Å². The summed E-state index contributed by atoms with van der Waals surface area (Å²) < 4.78 is 6.23. The van der Waals surface area contributed by atoms with Crippen molar-refractivity contribution in [3.8, 4) is 11.5 Å². The van der Waals surface area contributed by atoms with E-state index in [2.05, 4.69) is 36.4 Å². The number of aromatic nitrogens is 3. The molecule has 1 aliphatic heterocycles. The van der Waals surface area contributed by atoms with Gasteiger partial charge in [0.25, 0.3) is 0 Å². The van der Waals surface area contributed by atoms with Gasteiger partial charge < -0.3 is 9.84 Å². The first kappa shape index (κ1) is 12.1. The molecule has 1 N–H and O–H groups in total. The molecule has 18 heavy (non-hydrogen) atoms. The zero-order valence-electron chi connectivity index (χ0n) is 9.47. The zero-order chi connectivity index (χ0) is 12.4. The van der Waals surface area contributed by atoms with Crippen LogP contribution in [-0.2, 0) is 0 Å². The molecule has 94 valence electrons. The minimum atomic E-state index is 0.153. The summed E-state index contributed by atoms with van der Waals surface area (Å²) >= 11 is 5.24. The molecule has 1 unspecified atom stereocenters. The van der Waals surface area contributed by atoms with E-state index < -0.39 is 0 Å². The molecule has 3 heterocycles. The van der Waals surface area contributed by atoms with Crippen molar-refractivity contribution in [1.82, 2.24) is 20.4 Å². The summed E-state index contributed by atoms with van der Waals surface area (Å²) in [6.45, 7) is 0.976. The van der Waals surface area contributed by atoms with Gasteiger partial charge in [-0.1, -0.05) is 5.16 Å². The fraction of sp³-hybridized carbons (Fsp3) is 0.364. The maximum atomic E-state index is 5.30. The maximum Gasteiger partial charge on any atom is 0.244 e. The molecule has 1 atom stereocenters. The molecule has 0 saturated carbocycles. The first-order chi connectivity index (χ1) is 8.83. The average molecular weight is 327 g/mol. The van der Waals surface area contributed by atoms with Crippen LogP contribution < -0.4 is 5.32 Å². The lowest BCUT2D eigenvalue weighted by Crippen LogP contribution is -2.30. The van der Waals surface area contributed by atoms with Crippen LogP contribution >= 0.6 is 27.7 Å². The van der Waals surface area contributed by atoms with E-state index in [1.165, 1.54) is 0 Å². The Bertz CT molecular complexity index is 524. The van der Waals surface area contributed by atoms with Crippen LogP contribution in [0.3, 0.4) is 0 Å². The molecule has 2 aromatic heterocycles. The highest BCUT2D eigenvalue weighted by atomic mass is 79.9. The molecule has 3 rings (SSSR count). The zero-order valence-corrected chi connectivity index (χ0v) is 11.9. The highest BCUT2D eigenvalue weighted by Crippen LogP contribution is 2.23. The van der Waals surface area contributed by atoms with E-state index in [9.17, 15) is 0 Å². The van der Waals surface area contributed by atoms with Gasteiger partial charge in [0, 0.05) is 28.7 Å². The molecule has 0 aromatic carbocycles. The Morgan fingerprint density at radius 1 is 1.44 bits per heavy atom. The summed E-state index contributed by atoms with van der Waals surface area (Å²) in [5, 5.41) is 7.34. The molecule has 1 fully saturated rings. The van der Waals surface area contributed by atoms with Crippen molar-refractivity contribution in [3.63, 3.8) is 0 Å². The lowest BCUT2D eigenvalue weighted by atomic mass is 10.3. The predicted molar refractivity (Wildman–Crippen MR) is 73.3 cm³/mol. The Labute approximate surface area is 117 Å². The largest absolute Gasteiger partial charge is 0.337 e. The van der Waals surface area contributed by atoms with Crippen molar-refractivity contribution in [2.45, 2.75) is 6.04 Å². The second-order valence-corrected chi connectivity index (χ2v) is 5.97. The van der Waals surface area contributed by atoms with Gasteiger partial charge in [-0.2, -0.15) is 16.7 Å². The van der Waals surface area contributed by atoms with Crippen LogP contribution in [0.1, 0.15) is 11.9 Å². The van der Waals surface area contributed by atoms with Crippen molar-refractivity contribution >= 4 is 27.7 Å². The predicted octanol–water partition coefficient (Wildman–Crippen LogP) is 2.27. The number of pyridine rings is 1. The van der Waals surface area contributed by atoms with Crippen LogP contribution in [0, 0.1) is 0 Å². The second-order valence-electron chi connectivity index (χ2n) is 3.90. The van der Waals surface area contributed by atoms with Crippen molar-refractivity contribution in [1.29, 1.82) is 0 Å². The van der Waals surface area contributed by atoms with Crippen LogP contribution in [0.15, 0.2) is 27.3 Å². The number of nitrogens with one attached hydrogen (secondary N) is 1. The van der Waals surface area contributed by atoms with Crippen molar-refractivity contribution < 1.29 is 4.52 Å². The van der Waals surface area contributed by atoms with Gasteiger partial charge in [0.2, 0.25) is 11.7 Å². The van der Waals surface area contributed by atoms with E-state index in [1.54, 1.807) is 6.20 Å².